The van der Waals surface area contributed by atoms with E-state index in [4.69, 9.17) is 4.74 Å². The average Bonchev–Trinajstić information content (AvgIpc) is 3.00. The smallest absolute Gasteiger partial charge is 0.330 e. The van der Waals surface area contributed by atoms with Crippen LogP contribution in [0.15, 0.2) is 66.7 Å². The quantitative estimate of drug-likeness (QED) is 0.437. The minimum Gasteiger partial charge on any atom is -0.454 e. The minimum absolute atomic E-state index is 0.232. The van der Waals surface area contributed by atoms with E-state index in [2.05, 4.69) is 4.98 Å². The predicted octanol–water partition coefficient (Wildman–Crippen LogP) is 4.14. The summed E-state index contributed by atoms with van der Waals surface area (Å²) < 4.78 is 5.02. The molecule has 1 heterocycles. The molecule has 4 heteroatoms. The van der Waals surface area contributed by atoms with Gasteiger partial charge in [0.25, 0.3) is 0 Å². The molecule has 2 aromatic carbocycles. The van der Waals surface area contributed by atoms with Gasteiger partial charge in [0.05, 0.1) is 11.3 Å². The lowest BCUT2D eigenvalue weighted by Gasteiger charge is -2.05. The molecule has 3 aromatic rings. The Kier molecular flexibility index (Phi) is 4.57. The predicted molar refractivity (Wildman–Crippen MR) is 93.8 cm³/mol. The van der Waals surface area contributed by atoms with E-state index in [1.165, 1.54) is 6.08 Å². The van der Waals surface area contributed by atoms with E-state index >= 15 is 0 Å². The lowest BCUT2D eigenvalue weighted by molar-refractivity contribution is -0.136. The molecule has 1 aromatic heterocycles. The summed E-state index contributed by atoms with van der Waals surface area (Å²) >= 11 is 0. The van der Waals surface area contributed by atoms with Gasteiger partial charge < -0.3 is 9.72 Å². The summed E-state index contributed by atoms with van der Waals surface area (Å²) in [5.74, 6) is -0.754. The van der Waals surface area contributed by atoms with Crippen LogP contribution in [0.4, 0.5) is 0 Å². The van der Waals surface area contributed by atoms with Crippen LogP contribution in [0.5, 0.6) is 0 Å². The van der Waals surface area contributed by atoms with Crippen LogP contribution in [-0.2, 0) is 9.53 Å². The van der Waals surface area contributed by atoms with E-state index in [1.54, 1.807) is 13.0 Å². The topological polar surface area (TPSA) is 59.2 Å². The first-order valence-corrected chi connectivity index (χ1v) is 7.69. The Morgan fingerprint density at radius 1 is 1.04 bits per heavy atom. The van der Waals surface area contributed by atoms with E-state index in [1.807, 2.05) is 54.6 Å². The van der Waals surface area contributed by atoms with Gasteiger partial charge in [0.2, 0.25) is 5.78 Å². The third-order valence-corrected chi connectivity index (χ3v) is 3.70. The van der Waals surface area contributed by atoms with Crippen molar-refractivity contribution in [2.75, 3.05) is 6.61 Å². The molecule has 0 saturated heterocycles. The van der Waals surface area contributed by atoms with Crippen LogP contribution in [0.25, 0.3) is 22.2 Å². The summed E-state index contributed by atoms with van der Waals surface area (Å²) in [4.78, 5) is 27.5. The number of esters is 1. The molecule has 120 valence electrons. The molecule has 0 amide bonds. The van der Waals surface area contributed by atoms with E-state index in [9.17, 15) is 9.59 Å². The fourth-order valence-corrected chi connectivity index (χ4v) is 2.65. The molecule has 0 unspecified atom stereocenters. The Morgan fingerprint density at radius 2 is 1.75 bits per heavy atom. The van der Waals surface area contributed by atoms with Crippen molar-refractivity contribution >= 4 is 22.7 Å². The molecule has 0 aliphatic carbocycles. The van der Waals surface area contributed by atoms with Crippen molar-refractivity contribution in [1.82, 2.24) is 4.98 Å². The number of para-hydroxylation sites is 1. The molecule has 0 saturated carbocycles. The van der Waals surface area contributed by atoms with Crippen LogP contribution in [0.3, 0.4) is 0 Å². The normalized spacial score (nSPS) is 11.0. The number of allylic oxidation sites excluding steroid dienone is 1. The molecule has 0 aliphatic rings. The largest absolute Gasteiger partial charge is 0.454 e. The Balaban J connectivity index is 2.02. The van der Waals surface area contributed by atoms with Gasteiger partial charge in [0.1, 0.15) is 0 Å². The first-order valence-electron chi connectivity index (χ1n) is 7.69. The number of fused-ring (bicyclic) bond motifs is 1. The van der Waals surface area contributed by atoms with Gasteiger partial charge in [-0.15, -0.1) is 0 Å². The number of benzene rings is 2. The van der Waals surface area contributed by atoms with Gasteiger partial charge in [0, 0.05) is 17.0 Å². The van der Waals surface area contributed by atoms with Crippen LogP contribution in [0, 0.1) is 0 Å². The number of hydrogen-bond donors (Lipinski definition) is 1. The summed E-state index contributed by atoms with van der Waals surface area (Å²) in [7, 11) is 0. The number of aromatic nitrogens is 1. The van der Waals surface area contributed by atoms with Crippen molar-refractivity contribution in [3.05, 3.63) is 72.3 Å². The molecular formula is C20H17NO3. The van der Waals surface area contributed by atoms with Crippen molar-refractivity contribution < 1.29 is 14.3 Å². The first kappa shape index (κ1) is 15.7. The van der Waals surface area contributed by atoms with Crippen LogP contribution >= 0.6 is 0 Å². The zero-order valence-corrected chi connectivity index (χ0v) is 13.3. The molecule has 0 aliphatic heterocycles. The summed E-state index contributed by atoms with van der Waals surface area (Å²) in [5.41, 5.74) is 3.07. The number of Topliss-reactive ketones (excluding diaryl/α,β-unsaturated/α-hetero) is 1. The zero-order valence-electron chi connectivity index (χ0n) is 13.3. The number of carbonyl (C=O) groups excluding carboxylic acids is 2. The van der Waals surface area contributed by atoms with E-state index in [-0.39, 0.29) is 12.4 Å². The zero-order chi connectivity index (χ0) is 16.9. The Bertz CT molecular complexity index is 907. The van der Waals surface area contributed by atoms with Crippen molar-refractivity contribution in [2.45, 2.75) is 6.92 Å². The van der Waals surface area contributed by atoms with E-state index < -0.39 is 5.97 Å². The van der Waals surface area contributed by atoms with Gasteiger partial charge in [-0.1, -0.05) is 54.6 Å². The van der Waals surface area contributed by atoms with Crippen LogP contribution in [0.2, 0.25) is 0 Å². The van der Waals surface area contributed by atoms with Crippen molar-refractivity contribution in [3.63, 3.8) is 0 Å². The highest BCUT2D eigenvalue weighted by Crippen LogP contribution is 2.30. The summed E-state index contributed by atoms with van der Waals surface area (Å²) in [6.45, 7) is 1.43. The highest BCUT2D eigenvalue weighted by atomic mass is 16.5. The van der Waals surface area contributed by atoms with E-state index in [0.29, 0.717) is 5.56 Å². The average molecular weight is 319 g/mol. The van der Waals surface area contributed by atoms with Gasteiger partial charge in [0.15, 0.2) is 6.61 Å². The SMILES string of the molecule is C/C=C/C(=O)OCC(=O)c1c(-c2ccccc2)[nH]c2ccccc12. The van der Waals surface area contributed by atoms with Crippen LogP contribution in [-0.4, -0.2) is 23.3 Å². The lowest BCUT2D eigenvalue weighted by Crippen LogP contribution is -2.13. The molecule has 0 spiro atoms. The first-order chi connectivity index (χ1) is 11.7. The van der Waals surface area contributed by atoms with Crippen molar-refractivity contribution in [1.29, 1.82) is 0 Å². The van der Waals surface area contributed by atoms with Gasteiger partial charge in [-0.05, 0) is 18.6 Å². The fourth-order valence-electron chi connectivity index (χ4n) is 2.65. The van der Waals surface area contributed by atoms with Gasteiger partial charge >= 0.3 is 5.97 Å². The highest BCUT2D eigenvalue weighted by Gasteiger charge is 2.20. The molecule has 4 nitrogen and oxygen atoms in total. The second-order valence-corrected chi connectivity index (χ2v) is 5.32. The third-order valence-electron chi connectivity index (χ3n) is 3.70. The second kappa shape index (κ2) is 6.96. The van der Waals surface area contributed by atoms with Crippen LogP contribution in [0.1, 0.15) is 17.3 Å². The fraction of sp³-hybridized carbons (Fsp3) is 0.100. The Hall–Kier alpha value is -3.14. The van der Waals surface area contributed by atoms with Crippen molar-refractivity contribution in [3.8, 4) is 11.3 Å². The number of H-pyrrole nitrogens is 1. The van der Waals surface area contributed by atoms with E-state index in [0.717, 1.165) is 22.2 Å². The number of aromatic amines is 1. The third kappa shape index (κ3) is 3.13. The Labute approximate surface area is 139 Å². The molecule has 3 rings (SSSR count). The second-order valence-electron chi connectivity index (χ2n) is 5.32. The molecule has 0 atom stereocenters. The standard InChI is InChI=1S/C20H17NO3/c1-2-8-18(23)24-13-17(22)19-15-11-6-7-12-16(15)21-20(19)14-9-4-3-5-10-14/h2-12,21H,13H2,1H3/b8-2+. The maximum Gasteiger partial charge on any atom is 0.330 e. The molecule has 24 heavy (non-hydrogen) atoms. The number of nitrogens with one attached hydrogen (secondary N) is 1. The molecule has 0 fully saturated rings. The molecular weight excluding hydrogens is 302 g/mol. The lowest BCUT2D eigenvalue weighted by atomic mass is 10.0. The summed E-state index contributed by atoms with van der Waals surface area (Å²) in [6.07, 6.45) is 2.87. The maximum absolute atomic E-state index is 12.7. The number of ether oxygens (including phenoxy) is 1. The maximum atomic E-state index is 12.7. The van der Waals surface area contributed by atoms with Gasteiger partial charge in [-0.25, -0.2) is 4.79 Å². The molecule has 0 radical (unpaired) electrons. The Morgan fingerprint density at radius 3 is 2.50 bits per heavy atom. The number of rotatable bonds is 5. The summed E-state index contributed by atoms with van der Waals surface area (Å²) in [5, 5.41) is 0.823. The summed E-state index contributed by atoms with van der Waals surface area (Å²) in [6, 6.07) is 17.2. The molecule has 0 bridgehead atoms. The highest BCUT2D eigenvalue weighted by molar-refractivity contribution is 6.14. The number of carbonyl (C=O) groups is 2. The minimum atomic E-state index is -0.521. The molecule has 1 N–H and O–H groups in total. The van der Waals surface area contributed by atoms with Gasteiger partial charge in [-0.2, -0.15) is 0 Å². The monoisotopic (exact) mass is 319 g/mol. The number of hydrogen-bond acceptors (Lipinski definition) is 3. The van der Waals surface area contributed by atoms with Gasteiger partial charge in [-0.3, -0.25) is 4.79 Å². The van der Waals surface area contributed by atoms with Crippen LogP contribution < -0.4 is 0 Å². The van der Waals surface area contributed by atoms with Crippen molar-refractivity contribution in [2.24, 2.45) is 0 Å². The number of ketones is 1.